The highest BCUT2D eigenvalue weighted by Crippen LogP contribution is 2.47. The number of hydrogen-bond acceptors (Lipinski definition) is 2. The molecule has 0 bridgehead atoms. The molecule has 1 aliphatic carbocycles. The zero-order valence-electron chi connectivity index (χ0n) is 11.7. The molecule has 0 aromatic heterocycles. The molecule has 0 heterocycles. The Labute approximate surface area is 113 Å². The van der Waals surface area contributed by atoms with Crippen molar-refractivity contribution < 1.29 is 13.5 Å². The number of ether oxygens (including phenoxy) is 1. The molecule has 0 radical (unpaired) electrons. The molecule has 1 aromatic rings. The number of anilines is 1. The van der Waals surface area contributed by atoms with Gasteiger partial charge in [-0.2, -0.15) is 0 Å². The molecule has 3 unspecified atom stereocenters. The lowest BCUT2D eigenvalue weighted by molar-refractivity contribution is -0.109. The molecule has 4 heteroatoms. The molecule has 0 aliphatic heterocycles. The first-order chi connectivity index (χ1) is 9.02. The highest BCUT2D eigenvalue weighted by Gasteiger charge is 2.51. The van der Waals surface area contributed by atoms with Gasteiger partial charge in [0.1, 0.15) is 17.3 Å². The molecule has 2 rings (SSSR count). The van der Waals surface area contributed by atoms with Crippen LogP contribution in [0.15, 0.2) is 18.2 Å². The van der Waals surface area contributed by atoms with Crippen LogP contribution in [0.3, 0.4) is 0 Å². The fourth-order valence-corrected chi connectivity index (χ4v) is 2.78. The minimum absolute atomic E-state index is 0.0258. The molecule has 3 atom stereocenters. The van der Waals surface area contributed by atoms with Crippen molar-refractivity contribution in [1.82, 2.24) is 0 Å². The van der Waals surface area contributed by atoms with Gasteiger partial charge in [-0.1, -0.05) is 19.9 Å². The number of para-hydroxylation sites is 1. The second-order valence-electron chi connectivity index (χ2n) is 5.33. The Morgan fingerprint density at radius 1 is 1.32 bits per heavy atom. The van der Waals surface area contributed by atoms with Crippen molar-refractivity contribution in [3.8, 4) is 0 Å². The predicted molar refractivity (Wildman–Crippen MR) is 72.2 cm³/mol. The summed E-state index contributed by atoms with van der Waals surface area (Å²) >= 11 is 0. The smallest absolute Gasteiger partial charge is 0.149 e. The Kier molecular flexibility index (Phi) is 4.09. The molecule has 2 nitrogen and oxygen atoms in total. The van der Waals surface area contributed by atoms with Crippen LogP contribution in [0.2, 0.25) is 0 Å². The molecule has 0 spiro atoms. The number of benzene rings is 1. The Morgan fingerprint density at radius 2 is 1.95 bits per heavy atom. The van der Waals surface area contributed by atoms with Crippen molar-refractivity contribution in [2.45, 2.75) is 45.8 Å². The molecule has 0 amide bonds. The molecule has 1 aliphatic rings. The third-order valence-corrected chi connectivity index (χ3v) is 4.39. The van der Waals surface area contributed by atoms with E-state index in [2.05, 4.69) is 19.2 Å². The second-order valence-corrected chi connectivity index (χ2v) is 5.33. The number of hydrogen-bond donors (Lipinski definition) is 1. The Bertz CT molecular complexity index is 432. The van der Waals surface area contributed by atoms with Crippen LogP contribution in [0.25, 0.3) is 0 Å². The predicted octanol–water partition coefficient (Wildman–Crippen LogP) is 3.97. The monoisotopic (exact) mass is 269 g/mol. The van der Waals surface area contributed by atoms with Crippen LogP contribution in [-0.2, 0) is 4.74 Å². The average molecular weight is 269 g/mol. The Balaban J connectivity index is 2.12. The third-order valence-electron chi connectivity index (χ3n) is 4.39. The summed E-state index contributed by atoms with van der Waals surface area (Å²) < 4.78 is 33.0. The normalized spacial score (nSPS) is 29.9. The second kappa shape index (κ2) is 5.45. The maximum atomic E-state index is 13.6. The van der Waals surface area contributed by atoms with E-state index in [1.54, 1.807) is 0 Å². The van der Waals surface area contributed by atoms with Gasteiger partial charge in [0.15, 0.2) is 0 Å². The molecule has 1 fully saturated rings. The van der Waals surface area contributed by atoms with Gasteiger partial charge in [-0.15, -0.1) is 0 Å². The largest absolute Gasteiger partial charge is 0.378 e. The molecule has 1 N–H and O–H groups in total. The van der Waals surface area contributed by atoms with Crippen LogP contribution in [0.4, 0.5) is 14.5 Å². The Hall–Kier alpha value is -1.16. The van der Waals surface area contributed by atoms with E-state index in [1.807, 2.05) is 6.92 Å². The summed E-state index contributed by atoms with van der Waals surface area (Å²) in [6.45, 7) is 6.82. The molecular weight excluding hydrogens is 248 g/mol. The fourth-order valence-electron chi connectivity index (χ4n) is 2.78. The quantitative estimate of drug-likeness (QED) is 0.873. The first-order valence-electron chi connectivity index (χ1n) is 6.85. The highest BCUT2D eigenvalue weighted by atomic mass is 19.1. The van der Waals surface area contributed by atoms with E-state index in [4.69, 9.17) is 4.74 Å². The zero-order valence-corrected chi connectivity index (χ0v) is 11.7. The lowest BCUT2D eigenvalue weighted by Crippen LogP contribution is -2.59. The first-order valence-corrected chi connectivity index (χ1v) is 6.85. The van der Waals surface area contributed by atoms with Gasteiger partial charge in [0, 0.05) is 18.1 Å². The van der Waals surface area contributed by atoms with Gasteiger partial charge in [0.05, 0.1) is 6.10 Å². The van der Waals surface area contributed by atoms with Gasteiger partial charge in [0.25, 0.3) is 0 Å². The van der Waals surface area contributed by atoms with Crippen molar-refractivity contribution in [3.05, 3.63) is 29.8 Å². The van der Waals surface area contributed by atoms with E-state index in [0.717, 1.165) is 12.8 Å². The zero-order chi connectivity index (χ0) is 14.0. The van der Waals surface area contributed by atoms with E-state index in [1.165, 1.54) is 18.2 Å². The van der Waals surface area contributed by atoms with Crippen LogP contribution in [0.1, 0.15) is 33.6 Å². The first kappa shape index (κ1) is 14.3. The minimum Gasteiger partial charge on any atom is -0.378 e. The number of halogens is 2. The van der Waals surface area contributed by atoms with E-state index in [0.29, 0.717) is 6.61 Å². The average Bonchev–Trinajstić information content (AvgIpc) is 2.39. The van der Waals surface area contributed by atoms with Crippen molar-refractivity contribution in [1.29, 1.82) is 0 Å². The van der Waals surface area contributed by atoms with Crippen LogP contribution in [-0.4, -0.2) is 18.8 Å². The van der Waals surface area contributed by atoms with Crippen molar-refractivity contribution in [3.63, 3.8) is 0 Å². The lowest BCUT2D eigenvalue weighted by atomic mass is 9.61. The van der Waals surface area contributed by atoms with Gasteiger partial charge in [-0.3, -0.25) is 0 Å². The summed E-state index contributed by atoms with van der Waals surface area (Å²) in [4.78, 5) is 0. The molecule has 1 aromatic carbocycles. The molecular formula is C15H21F2NO. The molecule has 1 saturated carbocycles. The summed E-state index contributed by atoms with van der Waals surface area (Å²) in [6, 6.07) is 3.96. The maximum absolute atomic E-state index is 13.6. The van der Waals surface area contributed by atoms with Crippen molar-refractivity contribution >= 4 is 5.69 Å². The topological polar surface area (TPSA) is 21.3 Å². The van der Waals surface area contributed by atoms with Crippen molar-refractivity contribution in [2.24, 2.45) is 5.41 Å². The number of nitrogens with one attached hydrogen (secondary N) is 1. The van der Waals surface area contributed by atoms with E-state index in [9.17, 15) is 8.78 Å². The van der Waals surface area contributed by atoms with Gasteiger partial charge in [-0.25, -0.2) is 8.78 Å². The summed E-state index contributed by atoms with van der Waals surface area (Å²) in [7, 11) is 0. The van der Waals surface area contributed by atoms with Crippen molar-refractivity contribution in [2.75, 3.05) is 11.9 Å². The summed E-state index contributed by atoms with van der Waals surface area (Å²) in [5, 5.41) is 3.01. The van der Waals surface area contributed by atoms with Crippen LogP contribution in [0, 0.1) is 17.0 Å². The van der Waals surface area contributed by atoms with Gasteiger partial charge >= 0.3 is 0 Å². The standard InChI is InChI=1S/C15H21F2NO/c1-4-15(3)12(9-13(15)19-5-2)18-14-10(16)7-6-8-11(14)17/h6-8,12-13,18H,4-5,9H2,1-3H3. The van der Waals surface area contributed by atoms with Crippen LogP contribution < -0.4 is 5.32 Å². The van der Waals surface area contributed by atoms with E-state index >= 15 is 0 Å². The molecule has 106 valence electrons. The highest BCUT2D eigenvalue weighted by molar-refractivity contribution is 5.48. The van der Waals surface area contributed by atoms with E-state index < -0.39 is 11.6 Å². The van der Waals surface area contributed by atoms with Gasteiger partial charge < -0.3 is 10.1 Å². The summed E-state index contributed by atoms with van der Waals surface area (Å²) in [5.41, 5.74) is -0.104. The SMILES string of the molecule is CCOC1CC(Nc2c(F)cccc2F)C1(C)CC. The summed E-state index contributed by atoms with van der Waals surface area (Å²) in [6.07, 6.45) is 1.85. The van der Waals surface area contributed by atoms with E-state index in [-0.39, 0.29) is 23.2 Å². The lowest BCUT2D eigenvalue weighted by Gasteiger charge is -2.53. The van der Waals surface area contributed by atoms with Gasteiger partial charge in [0.2, 0.25) is 0 Å². The summed E-state index contributed by atoms with van der Waals surface area (Å²) in [5.74, 6) is -1.09. The van der Waals surface area contributed by atoms with Crippen LogP contribution >= 0.6 is 0 Å². The third kappa shape index (κ3) is 2.46. The molecule has 19 heavy (non-hydrogen) atoms. The van der Waals surface area contributed by atoms with Gasteiger partial charge in [-0.05, 0) is 31.9 Å². The Morgan fingerprint density at radius 3 is 2.47 bits per heavy atom. The fraction of sp³-hybridized carbons (Fsp3) is 0.600. The molecule has 0 saturated heterocycles. The minimum atomic E-state index is -0.543. The number of rotatable bonds is 5. The van der Waals surface area contributed by atoms with Crippen LogP contribution in [0.5, 0.6) is 0 Å². The maximum Gasteiger partial charge on any atom is 0.149 e.